The molecule has 1 aliphatic rings. The minimum absolute atomic E-state index is 0.612. The summed E-state index contributed by atoms with van der Waals surface area (Å²) in [6.45, 7) is 6.91. The Morgan fingerprint density at radius 3 is 2.85 bits per heavy atom. The van der Waals surface area contributed by atoms with Crippen LogP contribution in [-0.4, -0.2) is 28.8 Å². The van der Waals surface area contributed by atoms with Crippen molar-refractivity contribution in [3.05, 3.63) is 11.9 Å². The van der Waals surface area contributed by atoms with Crippen LogP contribution in [0.4, 0.5) is 5.95 Å². The van der Waals surface area contributed by atoms with Crippen LogP contribution in [0.1, 0.15) is 57.6 Å². The van der Waals surface area contributed by atoms with Crippen LogP contribution < -0.4 is 5.32 Å². The van der Waals surface area contributed by atoms with Gasteiger partial charge in [0.25, 0.3) is 0 Å². The first-order valence-electron chi connectivity index (χ1n) is 8.17. The number of nitrogens with zero attached hydrogens (tertiary/aromatic N) is 2. The Labute approximate surface area is 122 Å². The van der Waals surface area contributed by atoms with E-state index >= 15 is 0 Å². The normalized spacial score (nSPS) is 16.5. The van der Waals surface area contributed by atoms with Gasteiger partial charge >= 0.3 is 0 Å². The predicted molar refractivity (Wildman–Crippen MR) is 83.2 cm³/mol. The Bertz CT molecular complexity index is 383. The molecule has 1 aromatic heterocycles. The van der Waals surface area contributed by atoms with E-state index in [9.17, 15) is 0 Å². The molecule has 2 rings (SSSR count). The Morgan fingerprint density at radius 2 is 2.10 bits per heavy atom. The Kier molecular flexibility index (Phi) is 6.37. The highest BCUT2D eigenvalue weighted by molar-refractivity contribution is 5.30. The summed E-state index contributed by atoms with van der Waals surface area (Å²) < 4.78 is 7.80. The van der Waals surface area contributed by atoms with Crippen LogP contribution in [0.3, 0.4) is 0 Å². The largest absolute Gasteiger partial charge is 0.381 e. The maximum atomic E-state index is 5.55. The van der Waals surface area contributed by atoms with Crippen molar-refractivity contribution in [1.82, 2.24) is 9.55 Å². The highest BCUT2D eigenvalue weighted by atomic mass is 16.5. The molecule has 0 unspecified atom stereocenters. The van der Waals surface area contributed by atoms with E-state index < -0.39 is 0 Å². The van der Waals surface area contributed by atoms with Crippen molar-refractivity contribution in [2.75, 3.05) is 18.5 Å². The van der Waals surface area contributed by atoms with Gasteiger partial charge in [-0.3, -0.25) is 0 Å². The van der Waals surface area contributed by atoms with Crippen LogP contribution in [0.5, 0.6) is 0 Å². The summed E-state index contributed by atoms with van der Waals surface area (Å²) in [5.41, 5.74) is 1.10. The lowest BCUT2D eigenvalue weighted by atomic mass is 9.96. The molecule has 1 saturated carbocycles. The molecular weight excluding hydrogens is 250 g/mol. The molecule has 1 fully saturated rings. The van der Waals surface area contributed by atoms with Gasteiger partial charge in [0, 0.05) is 32.0 Å². The highest BCUT2D eigenvalue weighted by Crippen LogP contribution is 2.21. The van der Waals surface area contributed by atoms with Crippen LogP contribution >= 0.6 is 0 Å². The number of nitrogens with one attached hydrogen (secondary N) is 1. The van der Waals surface area contributed by atoms with Crippen LogP contribution in [0.2, 0.25) is 0 Å². The summed E-state index contributed by atoms with van der Waals surface area (Å²) in [7, 11) is 0. The van der Waals surface area contributed by atoms with Crippen molar-refractivity contribution in [2.45, 2.75) is 71.4 Å². The number of anilines is 1. The molecule has 1 aromatic rings. The maximum absolute atomic E-state index is 5.55. The second kappa shape index (κ2) is 8.30. The lowest BCUT2D eigenvalue weighted by Crippen LogP contribution is -2.24. The Balaban J connectivity index is 1.81. The highest BCUT2D eigenvalue weighted by Gasteiger charge is 2.15. The molecule has 0 amide bonds. The average molecular weight is 279 g/mol. The van der Waals surface area contributed by atoms with E-state index in [1.807, 2.05) is 0 Å². The minimum Gasteiger partial charge on any atom is -0.381 e. The fourth-order valence-electron chi connectivity index (χ4n) is 2.85. The topological polar surface area (TPSA) is 39.1 Å². The first-order chi connectivity index (χ1) is 9.79. The standard InChI is InChI=1S/C16H29N3O/c1-3-11-20-12-7-10-19-13-14(2)17-16(19)18-15-8-5-4-6-9-15/h13,15H,3-12H2,1-2H3,(H,17,18). The first-order valence-corrected chi connectivity index (χ1v) is 8.17. The number of hydrogen-bond acceptors (Lipinski definition) is 3. The third-order valence-corrected chi connectivity index (χ3v) is 3.87. The van der Waals surface area contributed by atoms with Gasteiger partial charge in [0.15, 0.2) is 0 Å². The molecule has 0 bridgehead atoms. The maximum Gasteiger partial charge on any atom is 0.203 e. The summed E-state index contributed by atoms with van der Waals surface area (Å²) in [6, 6.07) is 0.612. The van der Waals surface area contributed by atoms with E-state index in [0.717, 1.165) is 44.2 Å². The van der Waals surface area contributed by atoms with Crippen molar-refractivity contribution in [3.8, 4) is 0 Å². The molecule has 0 radical (unpaired) electrons. The number of ether oxygens (including phenoxy) is 1. The van der Waals surface area contributed by atoms with Gasteiger partial charge in [-0.1, -0.05) is 26.2 Å². The van der Waals surface area contributed by atoms with E-state index in [0.29, 0.717) is 6.04 Å². The first kappa shape index (κ1) is 15.4. The number of imidazole rings is 1. The van der Waals surface area contributed by atoms with Gasteiger partial charge in [-0.15, -0.1) is 0 Å². The Morgan fingerprint density at radius 1 is 1.30 bits per heavy atom. The van der Waals surface area contributed by atoms with Crippen LogP contribution in [0.25, 0.3) is 0 Å². The van der Waals surface area contributed by atoms with Crippen molar-refractivity contribution in [1.29, 1.82) is 0 Å². The predicted octanol–water partition coefficient (Wildman–Crippen LogP) is 3.75. The van der Waals surface area contributed by atoms with Gasteiger partial charge in [0.1, 0.15) is 0 Å². The lowest BCUT2D eigenvalue weighted by molar-refractivity contribution is 0.129. The van der Waals surface area contributed by atoms with Gasteiger partial charge in [0.2, 0.25) is 5.95 Å². The van der Waals surface area contributed by atoms with Crippen LogP contribution in [-0.2, 0) is 11.3 Å². The van der Waals surface area contributed by atoms with E-state index in [4.69, 9.17) is 4.74 Å². The second-order valence-electron chi connectivity index (χ2n) is 5.84. The fourth-order valence-corrected chi connectivity index (χ4v) is 2.85. The zero-order valence-corrected chi connectivity index (χ0v) is 13.0. The molecule has 0 aromatic carbocycles. The third kappa shape index (κ3) is 4.82. The van der Waals surface area contributed by atoms with E-state index in [1.165, 1.54) is 32.1 Å². The Hall–Kier alpha value is -1.03. The smallest absolute Gasteiger partial charge is 0.203 e. The quantitative estimate of drug-likeness (QED) is 0.737. The van der Waals surface area contributed by atoms with Crippen molar-refractivity contribution >= 4 is 5.95 Å². The number of hydrogen-bond donors (Lipinski definition) is 1. The van der Waals surface area contributed by atoms with Crippen LogP contribution in [0, 0.1) is 6.92 Å². The molecule has 114 valence electrons. The lowest BCUT2D eigenvalue weighted by Gasteiger charge is -2.23. The summed E-state index contributed by atoms with van der Waals surface area (Å²) in [5.74, 6) is 1.05. The average Bonchev–Trinajstić information content (AvgIpc) is 2.80. The minimum atomic E-state index is 0.612. The fraction of sp³-hybridized carbons (Fsp3) is 0.812. The summed E-state index contributed by atoms with van der Waals surface area (Å²) in [6.07, 6.45) is 10.9. The molecule has 20 heavy (non-hydrogen) atoms. The van der Waals surface area contributed by atoms with Crippen molar-refractivity contribution in [2.24, 2.45) is 0 Å². The summed E-state index contributed by atoms with van der Waals surface area (Å²) in [5, 5.41) is 3.63. The molecule has 1 N–H and O–H groups in total. The molecule has 4 nitrogen and oxygen atoms in total. The van der Waals surface area contributed by atoms with Gasteiger partial charge < -0.3 is 14.6 Å². The molecule has 0 aliphatic heterocycles. The van der Waals surface area contributed by atoms with E-state index in [1.54, 1.807) is 0 Å². The monoisotopic (exact) mass is 279 g/mol. The SMILES string of the molecule is CCCOCCCn1cc(C)nc1NC1CCCCC1. The molecule has 0 atom stereocenters. The number of rotatable bonds is 8. The molecule has 1 aliphatic carbocycles. The van der Waals surface area contributed by atoms with Gasteiger partial charge in [-0.05, 0) is 32.6 Å². The molecule has 1 heterocycles. The molecular formula is C16H29N3O. The van der Waals surface area contributed by atoms with Gasteiger partial charge in [0.05, 0.1) is 5.69 Å². The molecule has 0 spiro atoms. The third-order valence-electron chi connectivity index (χ3n) is 3.87. The van der Waals surface area contributed by atoms with Crippen LogP contribution in [0.15, 0.2) is 6.20 Å². The molecule has 0 saturated heterocycles. The molecule has 4 heteroatoms. The zero-order valence-electron chi connectivity index (χ0n) is 13.0. The summed E-state index contributed by atoms with van der Waals surface area (Å²) in [4.78, 5) is 4.63. The second-order valence-corrected chi connectivity index (χ2v) is 5.84. The van der Waals surface area contributed by atoms with Gasteiger partial charge in [-0.25, -0.2) is 4.98 Å². The van der Waals surface area contributed by atoms with Crippen molar-refractivity contribution in [3.63, 3.8) is 0 Å². The van der Waals surface area contributed by atoms with Gasteiger partial charge in [-0.2, -0.15) is 0 Å². The van der Waals surface area contributed by atoms with E-state index in [2.05, 4.69) is 34.9 Å². The number of aromatic nitrogens is 2. The summed E-state index contributed by atoms with van der Waals surface area (Å²) >= 11 is 0. The van der Waals surface area contributed by atoms with Crippen molar-refractivity contribution < 1.29 is 4.74 Å². The van der Waals surface area contributed by atoms with E-state index in [-0.39, 0.29) is 0 Å². The zero-order chi connectivity index (χ0) is 14.2. The number of aryl methyl sites for hydroxylation is 2.